The Hall–Kier alpha value is -1.81. The van der Waals surface area contributed by atoms with Crippen LogP contribution in [0.3, 0.4) is 0 Å². The number of aromatic nitrogens is 1. The summed E-state index contributed by atoms with van der Waals surface area (Å²) in [6, 6.07) is 7.69. The van der Waals surface area contributed by atoms with Gasteiger partial charge in [0.2, 0.25) is 0 Å². The molecule has 1 saturated heterocycles. The van der Waals surface area contributed by atoms with Gasteiger partial charge in [-0.3, -0.25) is 0 Å². The number of phenolic OH excluding ortho intramolecular Hbond substituents is 1. The minimum absolute atomic E-state index is 0.283. The molecule has 94 valence electrons. The van der Waals surface area contributed by atoms with Gasteiger partial charge in [-0.25, -0.2) is 4.98 Å². The van der Waals surface area contributed by atoms with Gasteiger partial charge in [0.1, 0.15) is 11.6 Å². The maximum atomic E-state index is 9.63. The highest BCUT2D eigenvalue weighted by molar-refractivity contribution is 5.93. The van der Waals surface area contributed by atoms with Crippen LogP contribution in [-0.4, -0.2) is 29.2 Å². The summed E-state index contributed by atoms with van der Waals surface area (Å²) in [5.74, 6) is 1.24. The Kier molecular flexibility index (Phi) is 2.80. The number of phenols is 1. The highest BCUT2D eigenvalue weighted by atomic mass is 16.3. The van der Waals surface area contributed by atoms with Crippen molar-refractivity contribution in [2.45, 2.75) is 18.9 Å². The Morgan fingerprint density at radius 2 is 2.00 bits per heavy atom. The van der Waals surface area contributed by atoms with Crippen LogP contribution in [0.2, 0.25) is 0 Å². The summed E-state index contributed by atoms with van der Waals surface area (Å²) >= 11 is 0. The average molecular weight is 243 g/mol. The monoisotopic (exact) mass is 243 g/mol. The Balaban J connectivity index is 2.03. The lowest BCUT2D eigenvalue weighted by Crippen LogP contribution is -2.40. The van der Waals surface area contributed by atoms with E-state index in [4.69, 9.17) is 5.73 Å². The second-order valence-corrected chi connectivity index (χ2v) is 4.86. The first-order valence-corrected chi connectivity index (χ1v) is 6.32. The molecule has 3 N–H and O–H groups in total. The first kappa shape index (κ1) is 11.3. The van der Waals surface area contributed by atoms with Crippen LogP contribution >= 0.6 is 0 Å². The van der Waals surface area contributed by atoms with Crippen LogP contribution in [0, 0.1) is 0 Å². The number of anilines is 1. The molecule has 0 aliphatic carbocycles. The lowest BCUT2D eigenvalue weighted by molar-refractivity contribution is 0.476. The number of pyridine rings is 1. The van der Waals surface area contributed by atoms with Gasteiger partial charge >= 0.3 is 0 Å². The fourth-order valence-corrected chi connectivity index (χ4v) is 2.50. The zero-order valence-corrected chi connectivity index (χ0v) is 10.2. The van der Waals surface area contributed by atoms with Gasteiger partial charge in [0.25, 0.3) is 0 Å². The number of benzene rings is 1. The van der Waals surface area contributed by atoms with Crippen molar-refractivity contribution in [3.63, 3.8) is 0 Å². The highest BCUT2D eigenvalue weighted by Gasteiger charge is 2.18. The van der Waals surface area contributed by atoms with Crippen molar-refractivity contribution in [1.29, 1.82) is 0 Å². The number of nitrogens with zero attached hydrogens (tertiary/aromatic N) is 2. The molecule has 1 fully saturated rings. The van der Waals surface area contributed by atoms with Gasteiger partial charge in [0.05, 0.1) is 0 Å². The van der Waals surface area contributed by atoms with E-state index in [0.29, 0.717) is 6.04 Å². The Bertz CT molecular complexity index is 562. The van der Waals surface area contributed by atoms with E-state index in [0.717, 1.165) is 42.5 Å². The fraction of sp³-hybridized carbons (Fsp3) is 0.357. The summed E-state index contributed by atoms with van der Waals surface area (Å²) in [5.41, 5.74) is 5.92. The lowest BCUT2D eigenvalue weighted by atomic mass is 10.0. The molecule has 0 unspecified atom stereocenters. The molecule has 2 heterocycles. The van der Waals surface area contributed by atoms with Crippen LogP contribution in [0.1, 0.15) is 12.8 Å². The number of hydrogen-bond acceptors (Lipinski definition) is 4. The second kappa shape index (κ2) is 4.46. The van der Waals surface area contributed by atoms with Gasteiger partial charge < -0.3 is 15.7 Å². The summed E-state index contributed by atoms with van der Waals surface area (Å²) in [7, 11) is 0. The van der Waals surface area contributed by atoms with Crippen molar-refractivity contribution >= 4 is 16.6 Å². The normalized spacial score (nSPS) is 17.3. The molecule has 0 saturated carbocycles. The fourth-order valence-electron chi connectivity index (χ4n) is 2.50. The van der Waals surface area contributed by atoms with Gasteiger partial charge in [-0.05, 0) is 36.4 Å². The van der Waals surface area contributed by atoms with Crippen LogP contribution < -0.4 is 10.6 Å². The summed E-state index contributed by atoms with van der Waals surface area (Å²) < 4.78 is 0. The topological polar surface area (TPSA) is 62.4 Å². The largest absolute Gasteiger partial charge is 0.508 e. The summed E-state index contributed by atoms with van der Waals surface area (Å²) in [6.07, 6.45) is 3.82. The number of piperidine rings is 1. The molecule has 18 heavy (non-hydrogen) atoms. The van der Waals surface area contributed by atoms with Crippen molar-refractivity contribution in [2.75, 3.05) is 18.0 Å². The zero-order valence-electron chi connectivity index (χ0n) is 10.2. The van der Waals surface area contributed by atoms with E-state index in [1.807, 2.05) is 18.3 Å². The zero-order chi connectivity index (χ0) is 12.5. The summed E-state index contributed by atoms with van der Waals surface area (Å²) in [4.78, 5) is 6.73. The molecule has 4 nitrogen and oxygen atoms in total. The first-order chi connectivity index (χ1) is 8.74. The Morgan fingerprint density at radius 1 is 1.22 bits per heavy atom. The highest BCUT2D eigenvalue weighted by Crippen LogP contribution is 2.29. The van der Waals surface area contributed by atoms with E-state index in [9.17, 15) is 5.11 Å². The maximum absolute atomic E-state index is 9.63. The van der Waals surface area contributed by atoms with Gasteiger partial charge in [0.15, 0.2) is 0 Å². The molecule has 1 aliphatic heterocycles. The van der Waals surface area contributed by atoms with Crippen LogP contribution in [0.25, 0.3) is 10.8 Å². The maximum Gasteiger partial charge on any atom is 0.136 e. The number of hydrogen-bond donors (Lipinski definition) is 2. The van der Waals surface area contributed by atoms with E-state index in [1.54, 1.807) is 12.1 Å². The molecule has 2 aromatic rings. The third-order valence-electron chi connectivity index (χ3n) is 3.57. The minimum atomic E-state index is 0.283. The van der Waals surface area contributed by atoms with E-state index in [2.05, 4.69) is 9.88 Å². The van der Waals surface area contributed by atoms with Crippen molar-refractivity contribution in [2.24, 2.45) is 5.73 Å². The first-order valence-electron chi connectivity index (χ1n) is 6.32. The predicted octanol–water partition coefficient (Wildman–Crippen LogP) is 1.87. The van der Waals surface area contributed by atoms with Gasteiger partial charge in [-0.2, -0.15) is 0 Å². The van der Waals surface area contributed by atoms with E-state index in [-0.39, 0.29) is 5.75 Å². The predicted molar refractivity (Wildman–Crippen MR) is 72.8 cm³/mol. The third kappa shape index (κ3) is 1.99. The summed E-state index contributed by atoms with van der Waals surface area (Å²) in [6.45, 7) is 1.87. The number of rotatable bonds is 1. The van der Waals surface area contributed by atoms with E-state index >= 15 is 0 Å². The standard InChI is InChI=1S/C14H17N3O/c15-11-4-7-17(8-5-11)14-13-9-12(18)2-1-10(13)3-6-16-14/h1-3,6,9,11,18H,4-5,7-8,15H2. The molecule has 4 heteroatoms. The van der Waals surface area contributed by atoms with Crippen LogP contribution in [0.15, 0.2) is 30.5 Å². The molecular formula is C14H17N3O. The second-order valence-electron chi connectivity index (χ2n) is 4.86. The van der Waals surface area contributed by atoms with Crippen molar-refractivity contribution in [3.05, 3.63) is 30.5 Å². The minimum Gasteiger partial charge on any atom is -0.508 e. The number of fused-ring (bicyclic) bond motifs is 1. The van der Waals surface area contributed by atoms with E-state index in [1.165, 1.54) is 0 Å². The van der Waals surface area contributed by atoms with Crippen molar-refractivity contribution in [1.82, 2.24) is 4.98 Å². The van der Waals surface area contributed by atoms with Gasteiger partial charge in [0, 0.05) is 30.7 Å². The molecule has 0 amide bonds. The molecule has 1 aromatic carbocycles. The third-order valence-corrected chi connectivity index (χ3v) is 3.57. The smallest absolute Gasteiger partial charge is 0.136 e. The van der Waals surface area contributed by atoms with Gasteiger partial charge in [-0.15, -0.1) is 0 Å². The number of aromatic hydroxyl groups is 1. The van der Waals surface area contributed by atoms with Crippen LogP contribution in [-0.2, 0) is 0 Å². The SMILES string of the molecule is NC1CCN(c2nccc3ccc(O)cc23)CC1. The molecule has 1 aromatic heterocycles. The quantitative estimate of drug-likeness (QED) is 0.802. The Morgan fingerprint density at radius 3 is 2.78 bits per heavy atom. The van der Waals surface area contributed by atoms with Crippen molar-refractivity contribution < 1.29 is 5.11 Å². The molecular weight excluding hydrogens is 226 g/mol. The average Bonchev–Trinajstić information content (AvgIpc) is 2.39. The summed E-state index contributed by atoms with van der Waals surface area (Å²) in [5, 5.41) is 11.7. The molecule has 0 atom stereocenters. The molecule has 0 bridgehead atoms. The molecule has 3 rings (SSSR count). The lowest BCUT2D eigenvalue weighted by Gasteiger charge is -2.31. The molecule has 0 radical (unpaired) electrons. The van der Waals surface area contributed by atoms with Crippen LogP contribution in [0.5, 0.6) is 5.75 Å². The molecule has 1 aliphatic rings. The molecule has 0 spiro atoms. The van der Waals surface area contributed by atoms with Crippen LogP contribution in [0.4, 0.5) is 5.82 Å². The van der Waals surface area contributed by atoms with Crippen molar-refractivity contribution in [3.8, 4) is 5.75 Å². The number of nitrogens with two attached hydrogens (primary N) is 1. The van der Waals surface area contributed by atoms with Gasteiger partial charge in [-0.1, -0.05) is 6.07 Å². The van der Waals surface area contributed by atoms with E-state index < -0.39 is 0 Å². The Labute approximate surface area is 106 Å².